The van der Waals surface area contributed by atoms with Crippen LogP contribution in [0.4, 0.5) is 10.5 Å². The van der Waals surface area contributed by atoms with Crippen molar-refractivity contribution in [3.63, 3.8) is 0 Å². The van der Waals surface area contributed by atoms with Crippen LogP contribution in [0.2, 0.25) is 0 Å². The first kappa shape index (κ1) is 13.9. The Morgan fingerprint density at radius 2 is 1.82 bits per heavy atom. The maximum Gasteiger partial charge on any atom is 0.411 e. The van der Waals surface area contributed by atoms with Crippen molar-refractivity contribution in [3.05, 3.63) is 72.4 Å². The highest BCUT2D eigenvalue weighted by Crippen LogP contribution is 2.19. The number of nitrogens with zero attached hydrogens (tertiary/aromatic N) is 1. The summed E-state index contributed by atoms with van der Waals surface area (Å²) in [5.41, 5.74) is 3.56. The second kappa shape index (κ2) is 6.58. The van der Waals surface area contributed by atoms with Gasteiger partial charge in [0.05, 0.1) is 5.69 Å². The van der Waals surface area contributed by atoms with Crippen LogP contribution < -0.4 is 5.32 Å². The molecule has 0 unspecified atom stereocenters. The molecule has 0 spiro atoms. The highest BCUT2D eigenvalue weighted by Gasteiger charge is 2.04. The predicted molar refractivity (Wildman–Crippen MR) is 84.3 cm³/mol. The summed E-state index contributed by atoms with van der Waals surface area (Å²) in [5.74, 6) is 0. The number of carbonyl (C=O) groups is 1. The predicted octanol–water partition coefficient (Wildman–Crippen LogP) is 3.83. The fourth-order valence-corrected chi connectivity index (χ4v) is 2.03. The molecule has 0 fully saturated rings. The molecule has 3 aromatic rings. The molecule has 0 atom stereocenters. The molecule has 2 aromatic carbocycles. The fourth-order valence-electron chi connectivity index (χ4n) is 2.03. The summed E-state index contributed by atoms with van der Waals surface area (Å²) in [7, 11) is 0. The van der Waals surface area contributed by atoms with E-state index in [1.54, 1.807) is 6.20 Å². The lowest BCUT2D eigenvalue weighted by Crippen LogP contribution is -2.13. The molecule has 22 heavy (non-hydrogen) atoms. The summed E-state index contributed by atoms with van der Waals surface area (Å²) in [4.78, 5) is 11.7. The first-order valence-corrected chi connectivity index (χ1v) is 6.89. The van der Waals surface area contributed by atoms with E-state index in [9.17, 15) is 4.79 Å². The van der Waals surface area contributed by atoms with Gasteiger partial charge in [0.25, 0.3) is 0 Å². The van der Waals surface area contributed by atoms with E-state index in [0.29, 0.717) is 5.69 Å². The first-order valence-electron chi connectivity index (χ1n) is 6.89. The van der Waals surface area contributed by atoms with Gasteiger partial charge in [-0.3, -0.25) is 10.4 Å². The molecule has 1 amide bonds. The summed E-state index contributed by atoms with van der Waals surface area (Å²) in [6, 6.07) is 18.9. The summed E-state index contributed by atoms with van der Waals surface area (Å²) >= 11 is 0. The quantitative estimate of drug-likeness (QED) is 0.768. The lowest BCUT2D eigenvalue weighted by molar-refractivity contribution is 0.155. The Balaban J connectivity index is 1.55. The number of carbonyl (C=O) groups excluding carboxylic acids is 1. The fraction of sp³-hybridized carbons (Fsp3) is 0.0588. The maximum atomic E-state index is 11.7. The third-order valence-corrected chi connectivity index (χ3v) is 3.16. The van der Waals surface area contributed by atoms with Crippen molar-refractivity contribution in [1.82, 2.24) is 10.2 Å². The van der Waals surface area contributed by atoms with Gasteiger partial charge in [-0.05, 0) is 29.3 Å². The monoisotopic (exact) mass is 293 g/mol. The first-order chi connectivity index (χ1) is 10.8. The van der Waals surface area contributed by atoms with Gasteiger partial charge in [-0.25, -0.2) is 4.79 Å². The molecule has 1 aromatic heterocycles. The number of aromatic nitrogens is 2. The number of amides is 1. The van der Waals surface area contributed by atoms with Gasteiger partial charge in [0.1, 0.15) is 6.61 Å². The van der Waals surface area contributed by atoms with Crippen molar-refractivity contribution < 1.29 is 9.53 Å². The van der Waals surface area contributed by atoms with Gasteiger partial charge in [0.15, 0.2) is 0 Å². The smallest absolute Gasteiger partial charge is 0.411 e. The molecule has 0 aliphatic heterocycles. The summed E-state index contributed by atoms with van der Waals surface area (Å²) in [6.45, 7) is 0.249. The summed E-state index contributed by atoms with van der Waals surface area (Å²) in [5, 5.41) is 9.50. The number of H-pyrrole nitrogens is 1. The van der Waals surface area contributed by atoms with Crippen LogP contribution in [-0.4, -0.2) is 16.3 Å². The Labute approximate surface area is 127 Å². The lowest BCUT2D eigenvalue weighted by Gasteiger charge is -2.07. The second-order valence-electron chi connectivity index (χ2n) is 4.73. The number of benzene rings is 2. The van der Waals surface area contributed by atoms with Crippen molar-refractivity contribution >= 4 is 11.8 Å². The van der Waals surface area contributed by atoms with Crippen LogP contribution in [0.5, 0.6) is 0 Å². The third-order valence-electron chi connectivity index (χ3n) is 3.16. The average molecular weight is 293 g/mol. The molecule has 0 saturated heterocycles. The zero-order chi connectivity index (χ0) is 15.2. The number of ether oxygens (including phenoxy) is 1. The van der Waals surface area contributed by atoms with Gasteiger partial charge in [0.2, 0.25) is 0 Å². The number of rotatable bonds is 4. The van der Waals surface area contributed by atoms with Crippen LogP contribution in [-0.2, 0) is 11.3 Å². The van der Waals surface area contributed by atoms with Crippen LogP contribution in [0.15, 0.2) is 66.9 Å². The molecule has 0 saturated carbocycles. The third kappa shape index (κ3) is 3.52. The molecule has 1 heterocycles. The van der Waals surface area contributed by atoms with Crippen molar-refractivity contribution in [2.75, 3.05) is 5.32 Å². The maximum absolute atomic E-state index is 11.7. The minimum atomic E-state index is -0.474. The highest BCUT2D eigenvalue weighted by atomic mass is 16.5. The molecule has 110 valence electrons. The van der Waals surface area contributed by atoms with E-state index in [1.807, 2.05) is 60.7 Å². The zero-order valence-corrected chi connectivity index (χ0v) is 11.8. The molecule has 0 aliphatic carbocycles. The molecular formula is C17H15N3O2. The number of anilines is 1. The molecule has 0 radical (unpaired) electrons. The molecule has 3 rings (SSSR count). The van der Waals surface area contributed by atoms with E-state index in [0.717, 1.165) is 16.8 Å². The molecule has 0 aliphatic rings. The molecular weight excluding hydrogens is 278 g/mol. The normalized spacial score (nSPS) is 10.2. The zero-order valence-electron chi connectivity index (χ0n) is 11.8. The van der Waals surface area contributed by atoms with Gasteiger partial charge in [-0.1, -0.05) is 42.5 Å². The minimum absolute atomic E-state index is 0.249. The Kier molecular flexibility index (Phi) is 4.15. The Morgan fingerprint density at radius 3 is 2.50 bits per heavy atom. The summed E-state index contributed by atoms with van der Waals surface area (Å²) in [6.07, 6.45) is 1.22. The van der Waals surface area contributed by atoms with Gasteiger partial charge < -0.3 is 4.74 Å². The topological polar surface area (TPSA) is 67.0 Å². The summed E-state index contributed by atoms with van der Waals surface area (Å²) < 4.78 is 5.17. The number of hydrogen-bond donors (Lipinski definition) is 2. The van der Waals surface area contributed by atoms with E-state index >= 15 is 0 Å². The molecule has 0 bridgehead atoms. The van der Waals surface area contributed by atoms with E-state index < -0.39 is 6.09 Å². The second-order valence-corrected chi connectivity index (χ2v) is 4.73. The van der Waals surface area contributed by atoms with Crippen LogP contribution in [0.1, 0.15) is 5.56 Å². The molecule has 2 N–H and O–H groups in total. The van der Waals surface area contributed by atoms with E-state index in [4.69, 9.17) is 4.74 Å². The van der Waals surface area contributed by atoms with Crippen molar-refractivity contribution in [2.45, 2.75) is 6.61 Å². The van der Waals surface area contributed by atoms with Crippen LogP contribution >= 0.6 is 0 Å². The number of hydrogen-bond acceptors (Lipinski definition) is 3. The van der Waals surface area contributed by atoms with Gasteiger partial charge in [0, 0.05) is 11.9 Å². The Morgan fingerprint density at radius 1 is 1.05 bits per heavy atom. The molecule has 5 heteroatoms. The van der Waals surface area contributed by atoms with E-state index in [-0.39, 0.29) is 6.61 Å². The van der Waals surface area contributed by atoms with Crippen molar-refractivity contribution in [1.29, 1.82) is 0 Å². The minimum Gasteiger partial charge on any atom is -0.444 e. The van der Waals surface area contributed by atoms with Crippen molar-refractivity contribution in [2.24, 2.45) is 0 Å². The number of aromatic amines is 1. The molecule has 5 nitrogen and oxygen atoms in total. The standard InChI is InChI=1S/C17H15N3O2/c21-17(22-12-13-4-2-1-3-5-13)19-15-8-6-14(7-9-15)16-10-11-18-20-16/h1-11H,12H2,(H,18,20)(H,19,21). The van der Waals surface area contributed by atoms with Gasteiger partial charge >= 0.3 is 6.09 Å². The van der Waals surface area contributed by atoms with Crippen LogP contribution in [0.3, 0.4) is 0 Å². The van der Waals surface area contributed by atoms with E-state index in [1.165, 1.54) is 0 Å². The van der Waals surface area contributed by atoms with Gasteiger partial charge in [-0.2, -0.15) is 5.10 Å². The SMILES string of the molecule is O=C(Nc1ccc(-c2ccn[nH]2)cc1)OCc1ccccc1. The largest absolute Gasteiger partial charge is 0.444 e. The Bertz CT molecular complexity index is 722. The highest BCUT2D eigenvalue weighted by molar-refractivity contribution is 5.85. The average Bonchev–Trinajstić information content (AvgIpc) is 3.09. The Hall–Kier alpha value is -3.08. The van der Waals surface area contributed by atoms with Crippen LogP contribution in [0.25, 0.3) is 11.3 Å². The van der Waals surface area contributed by atoms with E-state index in [2.05, 4.69) is 15.5 Å². The van der Waals surface area contributed by atoms with Crippen molar-refractivity contribution in [3.8, 4) is 11.3 Å². The van der Waals surface area contributed by atoms with Gasteiger partial charge in [-0.15, -0.1) is 0 Å². The lowest BCUT2D eigenvalue weighted by atomic mass is 10.1. The van der Waals surface area contributed by atoms with Crippen LogP contribution in [0, 0.1) is 0 Å². The number of nitrogens with one attached hydrogen (secondary N) is 2.